The van der Waals surface area contributed by atoms with Crippen molar-refractivity contribution in [1.82, 2.24) is 4.90 Å². The minimum absolute atomic E-state index is 0.00345. The summed E-state index contributed by atoms with van der Waals surface area (Å²) < 4.78 is 21.6. The van der Waals surface area contributed by atoms with Gasteiger partial charge in [0.05, 0.1) is 34.4 Å². The van der Waals surface area contributed by atoms with E-state index in [1.54, 1.807) is 26.2 Å². The first-order valence-electron chi connectivity index (χ1n) is 11.2. The summed E-state index contributed by atoms with van der Waals surface area (Å²) in [7, 11) is 6.11. The van der Waals surface area contributed by atoms with Crippen molar-refractivity contribution in [1.29, 1.82) is 0 Å². The molecule has 0 bridgehead atoms. The Balaban J connectivity index is 2.04. The van der Waals surface area contributed by atoms with E-state index in [-0.39, 0.29) is 23.7 Å². The second kappa shape index (κ2) is 10.7. The third-order valence-corrected chi connectivity index (χ3v) is 6.69. The molecule has 1 aromatic carbocycles. The van der Waals surface area contributed by atoms with Crippen molar-refractivity contribution in [3.63, 3.8) is 0 Å². The van der Waals surface area contributed by atoms with Crippen LogP contribution in [-0.2, 0) is 14.3 Å². The van der Waals surface area contributed by atoms with Crippen molar-refractivity contribution in [2.45, 2.75) is 63.3 Å². The Morgan fingerprint density at radius 3 is 2.03 bits per heavy atom. The summed E-state index contributed by atoms with van der Waals surface area (Å²) in [5.41, 5.74) is 0.848. The van der Waals surface area contributed by atoms with Crippen LogP contribution in [0.3, 0.4) is 0 Å². The van der Waals surface area contributed by atoms with Crippen LogP contribution in [0.1, 0.15) is 62.8 Å². The van der Waals surface area contributed by atoms with Crippen molar-refractivity contribution in [2.75, 3.05) is 35.0 Å². The van der Waals surface area contributed by atoms with Crippen LogP contribution in [0, 0.1) is 5.92 Å². The Morgan fingerprint density at radius 1 is 0.871 bits per heavy atom. The molecule has 2 aliphatic rings. The largest absolute Gasteiger partial charge is 0.493 e. The average Bonchev–Trinajstić information content (AvgIpc) is 2.83. The summed E-state index contributed by atoms with van der Waals surface area (Å²) in [4.78, 5) is 28.2. The molecule has 1 aliphatic carbocycles. The second-order valence-corrected chi connectivity index (χ2v) is 8.40. The molecule has 1 aliphatic heterocycles. The maximum atomic E-state index is 14.0. The lowest BCUT2D eigenvalue weighted by molar-refractivity contribution is -0.155. The molecule has 0 aromatic heterocycles. The van der Waals surface area contributed by atoms with E-state index >= 15 is 0 Å². The quantitative estimate of drug-likeness (QED) is 0.607. The van der Waals surface area contributed by atoms with Crippen LogP contribution in [0.4, 0.5) is 0 Å². The fourth-order valence-electron chi connectivity index (χ4n) is 5.12. The van der Waals surface area contributed by atoms with Crippen LogP contribution in [-0.4, -0.2) is 57.8 Å². The second-order valence-electron chi connectivity index (χ2n) is 8.40. The molecule has 0 radical (unpaired) electrons. The lowest BCUT2D eigenvalue weighted by atomic mass is 9.75. The molecule has 1 amide bonds. The molecule has 7 nitrogen and oxygen atoms in total. The van der Waals surface area contributed by atoms with Crippen LogP contribution in [0.5, 0.6) is 17.2 Å². The summed E-state index contributed by atoms with van der Waals surface area (Å²) in [6.07, 6.45) is 7.85. The zero-order chi connectivity index (χ0) is 22.4. The number of esters is 1. The van der Waals surface area contributed by atoms with Crippen molar-refractivity contribution >= 4 is 11.9 Å². The van der Waals surface area contributed by atoms with Gasteiger partial charge in [-0.3, -0.25) is 4.79 Å². The van der Waals surface area contributed by atoms with Crippen LogP contribution in [0.15, 0.2) is 12.1 Å². The van der Waals surface area contributed by atoms with Crippen LogP contribution in [0.25, 0.3) is 0 Å². The van der Waals surface area contributed by atoms with Crippen LogP contribution in [0.2, 0.25) is 0 Å². The van der Waals surface area contributed by atoms with Gasteiger partial charge < -0.3 is 23.8 Å². The average molecular weight is 434 g/mol. The lowest BCUT2D eigenvalue weighted by Gasteiger charge is -2.39. The number of carbonyl (C=O) groups is 2. The third-order valence-electron chi connectivity index (χ3n) is 6.69. The number of hydrogen-bond donors (Lipinski definition) is 0. The number of carbonyl (C=O) groups excluding carboxylic acids is 2. The number of likely N-dealkylation sites (tertiary alicyclic amines) is 1. The highest BCUT2D eigenvalue weighted by Crippen LogP contribution is 2.45. The first kappa shape index (κ1) is 23.2. The van der Waals surface area contributed by atoms with Gasteiger partial charge in [0.25, 0.3) is 0 Å². The molecule has 172 valence electrons. The first-order valence-corrected chi connectivity index (χ1v) is 11.2. The molecule has 31 heavy (non-hydrogen) atoms. The number of hydrogen-bond acceptors (Lipinski definition) is 6. The van der Waals surface area contributed by atoms with E-state index in [1.807, 2.05) is 12.1 Å². The van der Waals surface area contributed by atoms with E-state index in [0.717, 1.165) is 44.1 Å². The molecule has 2 fully saturated rings. The van der Waals surface area contributed by atoms with Crippen molar-refractivity contribution in [3.05, 3.63) is 17.7 Å². The van der Waals surface area contributed by atoms with Gasteiger partial charge in [-0.2, -0.15) is 0 Å². The van der Waals surface area contributed by atoms with Gasteiger partial charge in [-0.25, -0.2) is 4.79 Å². The van der Waals surface area contributed by atoms with Crippen molar-refractivity contribution in [3.8, 4) is 17.2 Å². The Hall–Kier alpha value is -2.44. The van der Waals surface area contributed by atoms with E-state index in [2.05, 4.69) is 0 Å². The van der Waals surface area contributed by atoms with Gasteiger partial charge in [-0.1, -0.05) is 19.3 Å². The Bertz CT molecular complexity index is 748. The number of nitrogens with zero attached hydrogens (tertiary/aromatic N) is 1. The van der Waals surface area contributed by atoms with Gasteiger partial charge in [0.1, 0.15) is 6.04 Å². The smallest absolute Gasteiger partial charge is 0.328 e. The summed E-state index contributed by atoms with van der Waals surface area (Å²) in [6, 6.07) is 3.25. The highest BCUT2D eigenvalue weighted by Gasteiger charge is 2.40. The highest BCUT2D eigenvalue weighted by atomic mass is 16.5. The molecule has 7 heteroatoms. The van der Waals surface area contributed by atoms with E-state index in [0.29, 0.717) is 30.2 Å². The summed E-state index contributed by atoms with van der Waals surface area (Å²) in [5.74, 6) is 1.09. The molecular formula is C24H35NO6. The van der Waals surface area contributed by atoms with Gasteiger partial charge in [0.15, 0.2) is 11.5 Å². The predicted octanol–water partition coefficient (Wildman–Crippen LogP) is 3.93. The maximum absolute atomic E-state index is 14.0. The minimum atomic E-state index is -0.514. The predicted molar refractivity (Wildman–Crippen MR) is 117 cm³/mol. The molecule has 1 saturated heterocycles. The third kappa shape index (κ3) is 4.91. The molecule has 0 N–H and O–H groups in total. The highest BCUT2D eigenvalue weighted by molar-refractivity contribution is 5.89. The van der Waals surface area contributed by atoms with Gasteiger partial charge in [0.2, 0.25) is 11.7 Å². The standard InChI is InChI=1S/C24H35NO6/c1-28-19-14-17(15-20(29-2)22(19)30-3)21(16-10-6-5-7-11-16)23(26)25-13-9-8-12-18(25)24(27)31-4/h14-16,18,21H,5-13H2,1-4H3/t18?,21-/m0/s1. The number of methoxy groups -OCH3 is 4. The first-order chi connectivity index (χ1) is 15.0. The van der Waals surface area contributed by atoms with Crippen molar-refractivity contribution < 1.29 is 28.5 Å². The zero-order valence-electron chi connectivity index (χ0n) is 19.1. The minimum Gasteiger partial charge on any atom is -0.493 e. The van der Waals surface area contributed by atoms with Crippen LogP contribution < -0.4 is 14.2 Å². The van der Waals surface area contributed by atoms with Crippen LogP contribution >= 0.6 is 0 Å². The zero-order valence-corrected chi connectivity index (χ0v) is 19.1. The van der Waals surface area contributed by atoms with E-state index < -0.39 is 6.04 Å². The molecule has 1 heterocycles. The van der Waals surface area contributed by atoms with E-state index in [9.17, 15) is 9.59 Å². The Kier molecular flexibility index (Phi) is 8.04. The SMILES string of the molecule is COC(=O)C1CCCCN1C(=O)[C@H](c1cc(OC)c(OC)c(OC)c1)C1CCCCC1. The Labute approximate surface area is 185 Å². The fourth-order valence-corrected chi connectivity index (χ4v) is 5.12. The Morgan fingerprint density at radius 2 is 1.48 bits per heavy atom. The molecule has 1 saturated carbocycles. The number of benzene rings is 1. The molecular weight excluding hydrogens is 398 g/mol. The van der Waals surface area contributed by atoms with E-state index in [1.165, 1.54) is 13.5 Å². The topological polar surface area (TPSA) is 74.3 Å². The number of rotatable bonds is 7. The van der Waals surface area contributed by atoms with Gasteiger partial charge in [0, 0.05) is 6.54 Å². The van der Waals surface area contributed by atoms with Gasteiger partial charge >= 0.3 is 5.97 Å². The number of amides is 1. The molecule has 2 atom stereocenters. The maximum Gasteiger partial charge on any atom is 0.328 e. The fraction of sp³-hybridized carbons (Fsp3) is 0.667. The summed E-state index contributed by atoms with van der Waals surface area (Å²) >= 11 is 0. The molecule has 3 rings (SSSR count). The summed E-state index contributed by atoms with van der Waals surface area (Å²) in [6.45, 7) is 0.576. The number of piperidine rings is 1. The van der Waals surface area contributed by atoms with Gasteiger partial charge in [-0.05, 0) is 55.7 Å². The molecule has 1 unspecified atom stereocenters. The monoisotopic (exact) mass is 433 g/mol. The lowest BCUT2D eigenvalue weighted by Crippen LogP contribution is -2.51. The molecule has 0 spiro atoms. The molecule has 1 aromatic rings. The summed E-state index contributed by atoms with van der Waals surface area (Å²) in [5, 5.41) is 0. The normalized spacial score (nSPS) is 20.6. The van der Waals surface area contributed by atoms with E-state index in [4.69, 9.17) is 18.9 Å². The van der Waals surface area contributed by atoms with Crippen molar-refractivity contribution in [2.24, 2.45) is 5.92 Å². The van der Waals surface area contributed by atoms with Gasteiger partial charge in [-0.15, -0.1) is 0 Å². The number of ether oxygens (including phenoxy) is 4.